The van der Waals surface area contributed by atoms with E-state index in [1.54, 1.807) is 48.3 Å². The highest BCUT2D eigenvalue weighted by atomic mass is 28.4. The molecule has 0 aromatic heterocycles. The van der Waals surface area contributed by atoms with Gasteiger partial charge in [-0.2, -0.15) is 0 Å². The molecule has 16 heteroatoms. The standard InChI is InChI=1S/C55H76N4O10Si2/c1-54(2,3)70(11,12)68-34-40-26-38(36-16-20-42(62-7)21-17-36)32-58(40)52(60)44-28-48(64-9)50(30-46(44)56)66-24-15-25-67-51-31-47(57)45(29-49(51)65-10)53(61)59-33-39(37-18-22-43(63-8)23-19-37)27-41(59)35-69-71(13,14)55(4,5)6/h16-23,28-33,40-41H,15,24-27,34-35,56-57H2,1-14H3/t40-,41-/m0/s1. The van der Waals surface area contributed by atoms with Gasteiger partial charge in [0.25, 0.3) is 11.8 Å². The highest BCUT2D eigenvalue weighted by Gasteiger charge is 2.41. The van der Waals surface area contributed by atoms with Gasteiger partial charge in [-0.1, -0.05) is 65.8 Å². The second kappa shape index (κ2) is 22.2. The first-order chi connectivity index (χ1) is 33.4. The van der Waals surface area contributed by atoms with Gasteiger partial charge in [0.1, 0.15) is 11.5 Å². The normalized spacial score (nSPS) is 16.4. The molecule has 0 aliphatic carbocycles. The van der Waals surface area contributed by atoms with Crippen molar-refractivity contribution >= 4 is 51.0 Å². The van der Waals surface area contributed by atoms with Crippen LogP contribution in [0.5, 0.6) is 34.5 Å². The minimum atomic E-state index is -2.13. The van der Waals surface area contributed by atoms with Crippen molar-refractivity contribution in [1.82, 2.24) is 9.80 Å². The van der Waals surface area contributed by atoms with Gasteiger partial charge in [-0.15, -0.1) is 0 Å². The Labute approximate surface area is 423 Å². The molecule has 384 valence electrons. The van der Waals surface area contributed by atoms with Gasteiger partial charge in [0.05, 0.1) is 78.1 Å². The van der Waals surface area contributed by atoms with Crippen LogP contribution >= 0.6 is 0 Å². The zero-order valence-electron chi connectivity index (χ0n) is 44.3. The van der Waals surface area contributed by atoms with Crippen LogP contribution in [0.25, 0.3) is 11.1 Å². The Morgan fingerprint density at radius 2 is 0.901 bits per heavy atom. The summed E-state index contributed by atoms with van der Waals surface area (Å²) in [7, 11) is 2.07. The zero-order chi connectivity index (χ0) is 52.1. The first-order valence-electron chi connectivity index (χ1n) is 24.3. The Bertz CT molecular complexity index is 2410. The molecule has 0 saturated carbocycles. The predicted octanol–water partition coefficient (Wildman–Crippen LogP) is 11.3. The number of benzene rings is 4. The van der Waals surface area contributed by atoms with Crippen LogP contribution in [0.2, 0.25) is 36.3 Å². The lowest BCUT2D eigenvalue weighted by atomic mass is 10.0. The Balaban J connectivity index is 1.13. The second-order valence-electron chi connectivity index (χ2n) is 21.3. The van der Waals surface area contributed by atoms with E-state index in [4.69, 9.17) is 48.7 Å². The molecule has 4 N–H and O–H groups in total. The first kappa shape index (κ1) is 54.4. The zero-order valence-corrected chi connectivity index (χ0v) is 46.3. The van der Waals surface area contributed by atoms with Gasteiger partial charge in [-0.05, 0) is 108 Å². The number of nitrogens with two attached hydrogens (primary N) is 2. The van der Waals surface area contributed by atoms with Crippen LogP contribution < -0.4 is 39.9 Å². The van der Waals surface area contributed by atoms with Gasteiger partial charge in [-0.25, -0.2) is 0 Å². The van der Waals surface area contributed by atoms with Crippen LogP contribution in [-0.2, 0) is 8.85 Å². The molecule has 0 spiro atoms. The van der Waals surface area contributed by atoms with E-state index in [1.165, 1.54) is 14.2 Å². The third kappa shape index (κ3) is 12.6. The van der Waals surface area contributed by atoms with Crippen LogP contribution in [0.3, 0.4) is 0 Å². The number of ether oxygens (including phenoxy) is 6. The monoisotopic (exact) mass is 1010 g/mol. The van der Waals surface area contributed by atoms with Gasteiger partial charge >= 0.3 is 0 Å². The number of nitrogens with zero attached hydrogens (tertiary/aromatic N) is 2. The van der Waals surface area contributed by atoms with Crippen molar-refractivity contribution in [2.75, 3.05) is 66.3 Å². The van der Waals surface area contributed by atoms with E-state index in [0.29, 0.717) is 66.6 Å². The SMILES string of the molecule is COc1ccc(C2=CN(C(=O)c3cc(OC)c(OCCCOc4cc(N)c(C(=O)N5C=C(c6ccc(OC)cc6)C[C@H]5CO[Si](C)(C)C(C)(C)C)cc4OC)cc3N)[C@H](CO[Si](C)(C)C(C)(C)C)C2)cc1. The van der Waals surface area contributed by atoms with Crippen LogP contribution in [-0.4, -0.2) is 105 Å². The van der Waals surface area contributed by atoms with Gasteiger partial charge in [-0.3, -0.25) is 9.59 Å². The maximum atomic E-state index is 14.5. The van der Waals surface area contributed by atoms with E-state index in [9.17, 15) is 9.59 Å². The number of hydrogen-bond donors (Lipinski definition) is 2. The molecule has 14 nitrogen and oxygen atoms in total. The molecule has 2 aliphatic rings. The summed E-state index contributed by atoms with van der Waals surface area (Å²) in [6.07, 6.45) is 5.50. The number of anilines is 2. The van der Waals surface area contributed by atoms with E-state index in [1.807, 2.05) is 60.9 Å². The Hall–Kier alpha value is -5.95. The lowest BCUT2D eigenvalue weighted by Crippen LogP contribution is -2.45. The summed E-state index contributed by atoms with van der Waals surface area (Å²) in [6.45, 7) is 23.3. The third-order valence-corrected chi connectivity index (χ3v) is 23.5. The van der Waals surface area contributed by atoms with Gasteiger partial charge < -0.3 is 58.5 Å². The fourth-order valence-corrected chi connectivity index (χ4v) is 9.97. The number of carbonyl (C=O) groups is 2. The van der Waals surface area contributed by atoms with Crippen LogP contribution in [0, 0.1) is 0 Å². The highest BCUT2D eigenvalue weighted by Crippen LogP contribution is 2.42. The molecule has 6 rings (SSSR count). The van der Waals surface area contributed by atoms with Crippen molar-refractivity contribution < 1.29 is 46.9 Å². The second-order valence-corrected chi connectivity index (χ2v) is 30.9. The average Bonchev–Trinajstić information content (AvgIpc) is 3.97. The molecule has 0 saturated heterocycles. The summed E-state index contributed by atoms with van der Waals surface area (Å²) >= 11 is 0. The Morgan fingerprint density at radius 3 is 1.21 bits per heavy atom. The van der Waals surface area contributed by atoms with Gasteiger partial charge in [0.15, 0.2) is 39.6 Å². The van der Waals surface area contributed by atoms with Crippen molar-refractivity contribution in [2.24, 2.45) is 0 Å². The largest absolute Gasteiger partial charge is 0.497 e. The number of hydrogen-bond acceptors (Lipinski definition) is 12. The van der Waals surface area contributed by atoms with Crippen molar-refractivity contribution in [2.45, 2.75) is 109 Å². The minimum Gasteiger partial charge on any atom is -0.497 e. The Kier molecular flexibility index (Phi) is 17.0. The Morgan fingerprint density at radius 1 is 0.549 bits per heavy atom. The van der Waals surface area contributed by atoms with Gasteiger partial charge in [0, 0.05) is 42.3 Å². The lowest BCUT2D eigenvalue weighted by molar-refractivity contribution is 0.0732. The summed E-state index contributed by atoms with van der Waals surface area (Å²) in [4.78, 5) is 32.4. The van der Waals surface area contributed by atoms with E-state index in [2.05, 4.69) is 67.7 Å². The van der Waals surface area contributed by atoms with E-state index in [-0.39, 0.29) is 58.6 Å². The number of rotatable bonds is 20. The van der Waals surface area contributed by atoms with E-state index < -0.39 is 16.6 Å². The molecule has 4 aromatic rings. The molecular formula is C55H76N4O10Si2. The maximum Gasteiger partial charge on any atom is 0.260 e. The molecule has 2 aliphatic heterocycles. The molecule has 71 heavy (non-hydrogen) atoms. The van der Waals surface area contributed by atoms with E-state index >= 15 is 0 Å². The quantitative estimate of drug-likeness (QED) is 0.0489. The van der Waals surface area contributed by atoms with Crippen LogP contribution in [0.15, 0.2) is 85.2 Å². The minimum absolute atomic E-state index is 0.00316. The molecular weight excluding hydrogens is 933 g/mol. The van der Waals surface area contributed by atoms with Crippen LogP contribution in [0.1, 0.15) is 92.6 Å². The first-order valence-corrected chi connectivity index (χ1v) is 30.1. The molecule has 2 atom stereocenters. The van der Waals surface area contributed by atoms with E-state index in [0.717, 1.165) is 33.8 Å². The highest BCUT2D eigenvalue weighted by molar-refractivity contribution is 6.74. The summed E-state index contributed by atoms with van der Waals surface area (Å²) in [5, 5.41) is 0.00632. The molecule has 0 fully saturated rings. The number of nitrogen functional groups attached to an aromatic ring is 2. The average molecular weight is 1010 g/mol. The molecule has 2 heterocycles. The molecule has 4 aromatic carbocycles. The summed E-state index contributed by atoms with van der Waals surface area (Å²) < 4.78 is 47.9. The smallest absolute Gasteiger partial charge is 0.260 e. The van der Waals surface area contributed by atoms with Gasteiger partial charge in [0.2, 0.25) is 0 Å². The van der Waals surface area contributed by atoms with Crippen LogP contribution in [0.4, 0.5) is 11.4 Å². The lowest BCUT2D eigenvalue weighted by Gasteiger charge is -2.38. The summed E-state index contributed by atoms with van der Waals surface area (Å²) in [6, 6.07) is 21.7. The number of methoxy groups -OCH3 is 4. The fourth-order valence-electron chi connectivity index (χ4n) is 7.89. The fraction of sp³-hybridized carbons (Fsp3) is 0.455. The predicted molar refractivity (Wildman–Crippen MR) is 288 cm³/mol. The topological polar surface area (TPSA) is 166 Å². The molecule has 0 unspecified atom stereocenters. The number of carbonyl (C=O) groups excluding carboxylic acids is 2. The molecule has 2 amide bonds. The molecule has 0 bridgehead atoms. The van der Waals surface area contributed by atoms with Crippen molar-refractivity contribution in [1.29, 1.82) is 0 Å². The summed E-state index contributed by atoms with van der Waals surface area (Å²) in [5.41, 5.74) is 18.4. The van der Waals surface area contributed by atoms with Crippen molar-refractivity contribution in [3.8, 4) is 34.5 Å². The summed E-state index contributed by atoms with van der Waals surface area (Å²) in [5.74, 6) is 2.49. The van der Waals surface area contributed by atoms with Crippen molar-refractivity contribution in [3.05, 3.63) is 107 Å². The maximum absolute atomic E-state index is 14.5. The third-order valence-electron chi connectivity index (χ3n) is 14.5. The number of amides is 2. The molecule has 0 radical (unpaired) electrons. The van der Waals surface area contributed by atoms with Crippen molar-refractivity contribution in [3.63, 3.8) is 0 Å².